The molecule has 26 heavy (non-hydrogen) atoms. The third-order valence-corrected chi connectivity index (χ3v) is 4.45. The monoisotopic (exact) mass is 408 g/mol. The van der Waals surface area contributed by atoms with E-state index < -0.39 is 29.1 Å². The zero-order valence-electron chi connectivity index (χ0n) is 13.5. The van der Waals surface area contributed by atoms with Crippen molar-refractivity contribution in [1.29, 1.82) is 0 Å². The summed E-state index contributed by atoms with van der Waals surface area (Å²) >= 11 is 1.15. The van der Waals surface area contributed by atoms with Crippen molar-refractivity contribution in [3.05, 3.63) is 51.5 Å². The Morgan fingerprint density at radius 2 is 1.88 bits per heavy atom. The number of carbonyl (C=O) groups is 2. The molecule has 11 heteroatoms. The lowest BCUT2D eigenvalue weighted by molar-refractivity contribution is -0.137. The predicted molar refractivity (Wildman–Crippen MR) is 92.7 cm³/mol. The maximum absolute atomic E-state index is 12.9. The van der Waals surface area contributed by atoms with Crippen molar-refractivity contribution in [3.8, 4) is 0 Å². The molecule has 0 saturated carbocycles. The molecule has 5 N–H and O–H groups in total. The average molecular weight is 409 g/mol. The standard InChI is InChI=1S/C15H15F3N4O2S.ClH/c1-14(13(20)24,8-3-2-4-9(5-8)15(16,17)18)22-12(23)10-7-25-11(6-19)21-10;/h2-5,7H,6,19H2,1H3,(H2,20,24)(H,22,23);1H. The van der Waals surface area contributed by atoms with E-state index in [2.05, 4.69) is 10.3 Å². The molecule has 0 fully saturated rings. The van der Waals surface area contributed by atoms with Gasteiger partial charge >= 0.3 is 6.18 Å². The summed E-state index contributed by atoms with van der Waals surface area (Å²) in [4.78, 5) is 28.2. The molecular weight excluding hydrogens is 393 g/mol. The van der Waals surface area contributed by atoms with Gasteiger partial charge in [0.15, 0.2) is 0 Å². The van der Waals surface area contributed by atoms with Gasteiger partial charge in [-0.1, -0.05) is 12.1 Å². The van der Waals surface area contributed by atoms with E-state index in [0.29, 0.717) is 5.01 Å². The van der Waals surface area contributed by atoms with Gasteiger partial charge in [0, 0.05) is 11.9 Å². The Bertz CT molecular complexity index is 812. The van der Waals surface area contributed by atoms with E-state index in [4.69, 9.17) is 11.5 Å². The fraction of sp³-hybridized carbons (Fsp3) is 0.267. The summed E-state index contributed by atoms with van der Waals surface area (Å²) in [5.74, 6) is -1.75. The molecule has 1 atom stereocenters. The van der Waals surface area contributed by atoms with Crippen molar-refractivity contribution >= 4 is 35.6 Å². The number of nitrogens with one attached hydrogen (secondary N) is 1. The van der Waals surface area contributed by atoms with E-state index in [9.17, 15) is 22.8 Å². The number of nitrogens with zero attached hydrogens (tertiary/aromatic N) is 1. The minimum atomic E-state index is -4.59. The number of nitrogens with two attached hydrogens (primary N) is 2. The minimum Gasteiger partial charge on any atom is -0.367 e. The second-order valence-electron chi connectivity index (χ2n) is 5.35. The lowest BCUT2D eigenvalue weighted by Crippen LogP contribution is -2.52. The number of hydrogen-bond donors (Lipinski definition) is 3. The number of aromatic nitrogens is 1. The van der Waals surface area contributed by atoms with Gasteiger partial charge in [0.25, 0.3) is 5.91 Å². The Morgan fingerprint density at radius 3 is 2.38 bits per heavy atom. The first-order valence-corrected chi connectivity index (χ1v) is 7.90. The van der Waals surface area contributed by atoms with Crippen LogP contribution in [0, 0.1) is 0 Å². The van der Waals surface area contributed by atoms with Crippen LogP contribution in [0.15, 0.2) is 29.6 Å². The summed E-state index contributed by atoms with van der Waals surface area (Å²) in [5.41, 5.74) is 7.89. The Morgan fingerprint density at radius 1 is 1.27 bits per heavy atom. The first kappa shape index (κ1) is 21.9. The van der Waals surface area contributed by atoms with Crippen molar-refractivity contribution in [2.45, 2.75) is 25.2 Å². The number of primary amides is 1. The van der Waals surface area contributed by atoms with Crippen LogP contribution >= 0.6 is 23.7 Å². The van der Waals surface area contributed by atoms with Gasteiger partial charge in [-0.05, 0) is 24.6 Å². The highest BCUT2D eigenvalue weighted by Gasteiger charge is 2.38. The van der Waals surface area contributed by atoms with E-state index in [0.717, 1.165) is 29.5 Å². The number of alkyl halides is 3. The van der Waals surface area contributed by atoms with Crippen LogP contribution in [-0.2, 0) is 23.1 Å². The van der Waals surface area contributed by atoms with Crippen molar-refractivity contribution in [2.24, 2.45) is 11.5 Å². The summed E-state index contributed by atoms with van der Waals surface area (Å²) in [6.45, 7) is 1.37. The fourth-order valence-corrected chi connectivity index (χ4v) is 2.74. The van der Waals surface area contributed by atoms with Crippen molar-refractivity contribution in [2.75, 3.05) is 0 Å². The smallest absolute Gasteiger partial charge is 0.367 e. The first-order chi connectivity index (χ1) is 11.6. The molecule has 0 saturated heterocycles. The molecule has 2 rings (SSSR count). The van der Waals surface area contributed by atoms with Gasteiger partial charge in [-0.25, -0.2) is 4.98 Å². The Balaban J connectivity index is 0.00000338. The van der Waals surface area contributed by atoms with Gasteiger partial charge in [0.05, 0.1) is 5.56 Å². The molecule has 0 aliphatic rings. The van der Waals surface area contributed by atoms with Gasteiger partial charge in [0.2, 0.25) is 5.91 Å². The molecule has 1 unspecified atom stereocenters. The number of benzene rings is 1. The number of hydrogen-bond acceptors (Lipinski definition) is 5. The van der Waals surface area contributed by atoms with Gasteiger partial charge in [-0.2, -0.15) is 13.2 Å². The average Bonchev–Trinajstić information content (AvgIpc) is 3.03. The van der Waals surface area contributed by atoms with Gasteiger partial charge in [-0.15, -0.1) is 23.7 Å². The van der Waals surface area contributed by atoms with Crippen LogP contribution in [0.25, 0.3) is 0 Å². The number of thiazole rings is 1. The number of amides is 2. The SMILES string of the molecule is CC(NC(=O)c1csc(CN)n1)(C(N)=O)c1cccc(C(F)(F)F)c1.Cl. The zero-order chi connectivity index (χ0) is 18.8. The quantitative estimate of drug-likeness (QED) is 0.704. The van der Waals surface area contributed by atoms with E-state index in [-0.39, 0.29) is 30.2 Å². The van der Waals surface area contributed by atoms with Crippen LogP contribution in [0.3, 0.4) is 0 Å². The molecule has 0 aliphatic carbocycles. The summed E-state index contributed by atoms with van der Waals surface area (Å²) in [6, 6.07) is 4.06. The largest absolute Gasteiger partial charge is 0.416 e. The van der Waals surface area contributed by atoms with E-state index >= 15 is 0 Å². The first-order valence-electron chi connectivity index (χ1n) is 7.02. The Kier molecular flexibility index (Phi) is 6.75. The zero-order valence-corrected chi connectivity index (χ0v) is 15.1. The molecule has 0 spiro atoms. The van der Waals surface area contributed by atoms with E-state index in [1.807, 2.05) is 0 Å². The van der Waals surface area contributed by atoms with Crippen LogP contribution in [0.2, 0.25) is 0 Å². The molecule has 0 radical (unpaired) electrons. The Hall–Kier alpha value is -2.17. The van der Waals surface area contributed by atoms with Crippen molar-refractivity contribution < 1.29 is 22.8 Å². The molecule has 0 bridgehead atoms. The maximum Gasteiger partial charge on any atom is 0.416 e. The van der Waals surface area contributed by atoms with Gasteiger partial charge < -0.3 is 16.8 Å². The predicted octanol–water partition coefficient (Wildman–Crippen LogP) is 2.17. The molecule has 1 heterocycles. The fourth-order valence-electron chi connectivity index (χ4n) is 2.08. The molecule has 2 amide bonds. The molecule has 0 aliphatic heterocycles. The molecule has 6 nitrogen and oxygen atoms in total. The number of carbonyl (C=O) groups excluding carboxylic acids is 2. The third kappa shape index (κ3) is 4.51. The highest BCUT2D eigenvalue weighted by Crippen LogP contribution is 2.32. The molecule has 2 aromatic rings. The van der Waals surface area contributed by atoms with Crippen LogP contribution in [0.4, 0.5) is 13.2 Å². The summed E-state index contributed by atoms with van der Waals surface area (Å²) in [7, 11) is 0. The number of rotatable bonds is 5. The topological polar surface area (TPSA) is 111 Å². The van der Waals surface area contributed by atoms with Crippen LogP contribution in [0.5, 0.6) is 0 Å². The van der Waals surface area contributed by atoms with Crippen LogP contribution in [-0.4, -0.2) is 16.8 Å². The summed E-state index contributed by atoms with van der Waals surface area (Å²) in [5, 5.41) is 4.30. The highest BCUT2D eigenvalue weighted by molar-refractivity contribution is 7.09. The highest BCUT2D eigenvalue weighted by atomic mass is 35.5. The van der Waals surface area contributed by atoms with Crippen LogP contribution < -0.4 is 16.8 Å². The van der Waals surface area contributed by atoms with E-state index in [1.165, 1.54) is 18.4 Å². The summed E-state index contributed by atoms with van der Waals surface area (Å²) < 4.78 is 38.7. The van der Waals surface area contributed by atoms with Crippen molar-refractivity contribution in [1.82, 2.24) is 10.3 Å². The molecule has 1 aromatic heterocycles. The molecule has 1 aromatic carbocycles. The second kappa shape index (κ2) is 8.02. The minimum absolute atomic E-state index is 0. The van der Waals surface area contributed by atoms with Gasteiger partial charge in [-0.3, -0.25) is 9.59 Å². The maximum atomic E-state index is 12.9. The van der Waals surface area contributed by atoms with Gasteiger partial charge in [0.1, 0.15) is 16.2 Å². The number of halogens is 4. The second-order valence-corrected chi connectivity index (χ2v) is 6.30. The summed E-state index contributed by atoms with van der Waals surface area (Å²) in [6.07, 6.45) is -4.59. The molecule has 142 valence electrons. The third-order valence-electron chi connectivity index (χ3n) is 3.58. The van der Waals surface area contributed by atoms with Crippen molar-refractivity contribution in [3.63, 3.8) is 0 Å². The lowest BCUT2D eigenvalue weighted by Gasteiger charge is -2.28. The lowest BCUT2D eigenvalue weighted by atomic mass is 9.89. The Labute approximate surface area is 157 Å². The molecular formula is C15H16ClF3N4O2S. The van der Waals surface area contributed by atoms with Crippen LogP contribution in [0.1, 0.15) is 33.5 Å². The van der Waals surface area contributed by atoms with E-state index in [1.54, 1.807) is 0 Å². The normalized spacial score (nSPS) is 13.4.